The number of halogens is 3. The predicted octanol–water partition coefficient (Wildman–Crippen LogP) is 8.18. The second kappa shape index (κ2) is 10.2. The number of aromatic nitrogens is 1. The zero-order valence-corrected chi connectivity index (χ0v) is 20.2. The molecular formula is C28H21Cl2FN2O. The molecular weight excluding hydrogens is 470 g/mol. The van der Waals surface area contributed by atoms with Gasteiger partial charge in [0.1, 0.15) is 18.2 Å². The van der Waals surface area contributed by atoms with Crippen LogP contribution in [-0.4, -0.2) is 4.57 Å². The van der Waals surface area contributed by atoms with Crippen LogP contribution in [-0.2, 0) is 6.61 Å². The maximum atomic E-state index is 13.6. The first-order valence-corrected chi connectivity index (χ1v) is 11.3. The Labute approximate surface area is 208 Å². The lowest BCUT2D eigenvalue weighted by atomic mass is 10.0. The molecule has 34 heavy (non-hydrogen) atoms. The highest BCUT2D eigenvalue weighted by Gasteiger charge is 2.12. The third-order valence-electron chi connectivity index (χ3n) is 5.53. The molecule has 3 aromatic carbocycles. The zero-order chi connectivity index (χ0) is 24.2. The first-order valence-electron chi connectivity index (χ1n) is 10.6. The Morgan fingerprint density at radius 2 is 1.79 bits per heavy atom. The van der Waals surface area contributed by atoms with Crippen LogP contribution in [0.5, 0.6) is 5.75 Å². The van der Waals surface area contributed by atoms with E-state index in [0.717, 1.165) is 34.0 Å². The van der Waals surface area contributed by atoms with E-state index in [1.54, 1.807) is 30.3 Å². The lowest BCUT2D eigenvalue weighted by Crippen LogP contribution is -2.00. The van der Waals surface area contributed by atoms with E-state index < -0.39 is 0 Å². The van der Waals surface area contributed by atoms with Crippen molar-refractivity contribution in [1.82, 2.24) is 4.57 Å². The average molecular weight is 491 g/mol. The van der Waals surface area contributed by atoms with Crippen molar-refractivity contribution in [2.75, 3.05) is 0 Å². The summed E-state index contributed by atoms with van der Waals surface area (Å²) in [6.07, 6.45) is 1.79. The normalized spacial score (nSPS) is 11.4. The number of ether oxygens (including phenoxy) is 1. The van der Waals surface area contributed by atoms with E-state index in [2.05, 4.69) is 10.6 Å². The van der Waals surface area contributed by atoms with E-state index >= 15 is 0 Å². The highest BCUT2D eigenvalue weighted by Crippen LogP contribution is 2.27. The summed E-state index contributed by atoms with van der Waals surface area (Å²) in [5, 5.41) is 10.8. The molecule has 1 heterocycles. The quantitative estimate of drug-likeness (QED) is 0.255. The SMILES string of the molecule is Cc1cc(/C=C(/C#N)c2cccc(F)c2)c(C)n1-c1ccc(OCc2ccc(Cl)cc2Cl)cc1. The topological polar surface area (TPSA) is 38.0 Å². The highest BCUT2D eigenvalue weighted by atomic mass is 35.5. The van der Waals surface area contributed by atoms with Crippen molar-refractivity contribution in [3.63, 3.8) is 0 Å². The molecule has 0 saturated heterocycles. The molecule has 1 aromatic heterocycles. The van der Waals surface area contributed by atoms with Crippen LogP contribution in [0.3, 0.4) is 0 Å². The van der Waals surface area contributed by atoms with Crippen molar-refractivity contribution < 1.29 is 9.13 Å². The highest BCUT2D eigenvalue weighted by molar-refractivity contribution is 6.35. The van der Waals surface area contributed by atoms with Gasteiger partial charge in [0.15, 0.2) is 0 Å². The van der Waals surface area contributed by atoms with E-state index in [4.69, 9.17) is 27.9 Å². The number of aryl methyl sites for hydroxylation is 1. The molecule has 0 spiro atoms. The first kappa shape index (κ1) is 23.6. The monoisotopic (exact) mass is 490 g/mol. The molecule has 170 valence electrons. The summed E-state index contributed by atoms with van der Waals surface area (Å²) < 4.78 is 21.6. The first-order chi connectivity index (χ1) is 16.4. The Balaban J connectivity index is 1.56. The third kappa shape index (κ3) is 5.17. The van der Waals surface area contributed by atoms with Crippen LogP contribution >= 0.6 is 23.2 Å². The van der Waals surface area contributed by atoms with Crippen molar-refractivity contribution >= 4 is 34.9 Å². The smallest absolute Gasteiger partial charge is 0.123 e. The number of hydrogen-bond acceptors (Lipinski definition) is 2. The summed E-state index contributed by atoms with van der Waals surface area (Å²) in [6.45, 7) is 4.33. The van der Waals surface area contributed by atoms with Gasteiger partial charge >= 0.3 is 0 Å². The minimum Gasteiger partial charge on any atom is -0.489 e. The van der Waals surface area contributed by atoms with Gasteiger partial charge in [-0.05, 0) is 85.6 Å². The Morgan fingerprint density at radius 1 is 1.03 bits per heavy atom. The number of allylic oxidation sites excluding steroid dienone is 1. The molecule has 0 aliphatic heterocycles. The van der Waals surface area contributed by atoms with Gasteiger partial charge in [-0.25, -0.2) is 4.39 Å². The molecule has 0 aliphatic rings. The van der Waals surface area contributed by atoms with E-state index in [-0.39, 0.29) is 5.82 Å². The summed E-state index contributed by atoms with van der Waals surface area (Å²) in [5.41, 5.74) is 5.67. The maximum absolute atomic E-state index is 13.6. The summed E-state index contributed by atoms with van der Waals surface area (Å²) in [5.74, 6) is 0.347. The van der Waals surface area contributed by atoms with Crippen LogP contribution in [0.4, 0.5) is 4.39 Å². The van der Waals surface area contributed by atoms with E-state index in [9.17, 15) is 9.65 Å². The van der Waals surface area contributed by atoms with Crippen LogP contribution in [0.1, 0.15) is 28.1 Å². The van der Waals surface area contributed by atoms with Gasteiger partial charge in [-0.2, -0.15) is 5.26 Å². The fourth-order valence-electron chi connectivity index (χ4n) is 3.81. The van der Waals surface area contributed by atoms with E-state index in [1.165, 1.54) is 12.1 Å². The number of rotatable bonds is 6. The van der Waals surface area contributed by atoms with Gasteiger partial charge in [0.05, 0.1) is 11.6 Å². The van der Waals surface area contributed by atoms with Crippen molar-refractivity contribution in [2.24, 2.45) is 0 Å². The molecule has 0 amide bonds. The van der Waals surface area contributed by atoms with Crippen LogP contribution in [0.25, 0.3) is 17.3 Å². The third-order valence-corrected chi connectivity index (χ3v) is 6.12. The van der Waals surface area contributed by atoms with Crippen LogP contribution in [0, 0.1) is 31.0 Å². The van der Waals surface area contributed by atoms with E-state index in [1.807, 2.05) is 50.2 Å². The second-order valence-electron chi connectivity index (χ2n) is 7.86. The molecule has 0 N–H and O–H groups in total. The molecule has 0 aliphatic carbocycles. The van der Waals surface area contributed by atoms with Gasteiger partial charge in [0.25, 0.3) is 0 Å². The van der Waals surface area contributed by atoms with Gasteiger partial charge in [-0.3, -0.25) is 0 Å². The fraction of sp³-hybridized carbons (Fsp3) is 0.107. The number of nitriles is 1. The van der Waals surface area contributed by atoms with Crippen molar-refractivity contribution in [1.29, 1.82) is 5.26 Å². The molecule has 3 nitrogen and oxygen atoms in total. The molecule has 0 saturated carbocycles. The van der Waals surface area contributed by atoms with Gasteiger partial charge in [0, 0.05) is 32.7 Å². The fourth-order valence-corrected chi connectivity index (χ4v) is 4.28. The molecule has 0 radical (unpaired) electrons. The van der Waals surface area contributed by atoms with Gasteiger partial charge in [-0.15, -0.1) is 0 Å². The number of hydrogen-bond donors (Lipinski definition) is 0. The average Bonchev–Trinajstić information content (AvgIpc) is 3.10. The zero-order valence-electron chi connectivity index (χ0n) is 18.6. The maximum Gasteiger partial charge on any atom is 0.123 e. The Hall–Kier alpha value is -3.52. The molecule has 0 atom stereocenters. The summed E-state index contributed by atoms with van der Waals surface area (Å²) in [6, 6.07) is 23.3. The minimum atomic E-state index is -0.371. The van der Waals surface area contributed by atoms with Crippen LogP contribution < -0.4 is 4.74 Å². The van der Waals surface area contributed by atoms with E-state index in [0.29, 0.717) is 27.8 Å². The molecule has 6 heteroatoms. The Bertz CT molecular complexity index is 1420. The molecule has 0 fully saturated rings. The van der Waals surface area contributed by atoms with Gasteiger partial charge < -0.3 is 9.30 Å². The summed E-state index contributed by atoms with van der Waals surface area (Å²) in [7, 11) is 0. The van der Waals surface area contributed by atoms with Gasteiger partial charge in [0.2, 0.25) is 0 Å². The lowest BCUT2D eigenvalue weighted by Gasteiger charge is -2.12. The minimum absolute atomic E-state index is 0.336. The molecule has 4 aromatic rings. The van der Waals surface area contributed by atoms with Crippen LogP contribution in [0.15, 0.2) is 72.8 Å². The molecule has 0 bridgehead atoms. The van der Waals surface area contributed by atoms with Gasteiger partial charge in [-0.1, -0.05) is 41.4 Å². The van der Waals surface area contributed by atoms with Crippen LogP contribution in [0.2, 0.25) is 10.0 Å². The largest absolute Gasteiger partial charge is 0.489 e. The van der Waals surface area contributed by atoms with Crippen molar-refractivity contribution in [3.05, 3.63) is 117 Å². The molecule has 0 unspecified atom stereocenters. The van der Waals surface area contributed by atoms with Crippen molar-refractivity contribution in [3.8, 4) is 17.5 Å². The Kier molecular flexibility index (Phi) is 7.07. The molecule has 4 rings (SSSR count). The summed E-state index contributed by atoms with van der Waals surface area (Å²) in [4.78, 5) is 0. The number of nitrogens with zero attached hydrogens (tertiary/aromatic N) is 2. The number of benzene rings is 3. The second-order valence-corrected chi connectivity index (χ2v) is 8.70. The Morgan fingerprint density at radius 3 is 2.47 bits per heavy atom. The lowest BCUT2D eigenvalue weighted by molar-refractivity contribution is 0.306. The predicted molar refractivity (Wildman–Crippen MR) is 136 cm³/mol. The summed E-state index contributed by atoms with van der Waals surface area (Å²) >= 11 is 12.2. The van der Waals surface area contributed by atoms with Crippen molar-refractivity contribution in [2.45, 2.75) is 20.5 Å². The standard InChI is InChI=1S/C28H21Cl2FN2O/c1-18-12-22(13-23(16-32)20-4-3-5-25(31)14-20)19(2)33(18)26-8-10-27(11-9-26)34-17-21-6-7-24(29)15-28(21)30/h3-15H,17H2,1-2H3/b23-13-.